The second-order valence-corrected chi connectivity index (χ2v) is 6.72. The molecule has 1 aromatic heterocycles. The third-order valence-corrected chi connectivity index (χ3v) is 5.27. The summed E-state index contributed by atoms with van der Waals surface area (Å²) in [6, 6.07) is 0. The number of nitrogens with one attached hydrogen (secondary N) is 2. The lowest BCUT2D eigenvalue weighted by molar-refractivity contribution is -0.117. The molecular weight excluding hydrogens is 272 g/mol. The lowest BCUT2D eigenvalue weighted by atomic mass is 10.0. The second-order valence-electron chi connectivity index (χ2n) is 5.61. The summed E-state index contributed by atoms with van der Waals surface area (Å²) in [5.41, 5.74) is 1.88. The van der Waals surface area contributed by atoms with Crippen LogP contribution in [0, 0.1) is 5.92 Å². The Morgan fingerprint density at radius 3 is 2.60 bits per heavy atom. The van der Waals surface area contributed by atoms with Crippen LogP contribution in [0.1, 0.15) is 52.9 Å². The van der Waals surface area contributed by atoms with Crippen LogP contribution in [0.3, 0.4) is 0 Å². The molecule has 0 saturated heterocycles. The Labute approximate surface area is 122 Å². The molecule has 20 heavy (non-hydrogen) atoms. The van der Waals surface area contributed by atoms with E-state index in [1.165, 1.54) is 17.7 Å². The number of rotatable bonds is 3. The Morgan fingerprint density at radius 2 is 1.90 bits per heavy atom. The zero-order valence-corrected chi connectivity index (χ0v) is 12.6. The van der Waals surface area contributed by atoms with Gasteiger partial charge in [-0.3, -0.25) is 9.59 Å². The van der Waals surface area contributed by atoms with Crippen LogP contribution in [0.5, 0.6) is 0 Å². The summed E-state index contributed by atoms with van der Waals surface area (Å²) >= 11 is 1.60. The minimum atomic E-state index is -0.0736. The van der Waals surface area contributed by atoms with Crippen LogP contribution in [0.2, 0.25) is 0 Å². The number of carbonyl (C=O) groups is 2. The van der Waals surface area contributed by atoms with Gasteiger partial charge in [-0.25, -0.2) is 0 Å². The van der Waals surface area contributed by atoms with Gasteiger partial charge in [0.1, 0.15) is 5.00 Å². The van der Waals surface area contributed by atoms with Crippen molar-refractivity contribution in [1.29, 1.82) is 0 Å². The van der Waals surface area contributed by atoms with Gasteiger partial charge in [-0.1, -0.05) is 6.42 Å². The van der Waals surface area contributed by atoms with Crippen LogP contribution >= 0.6 is 11.3 Å². The van der Waals surface area contributed by atoms with E-state index in [4.69, 9.17) is 0 Å². The van der Waals surface area contributed by atoms with Crippen molar-refractivity contribution in [2.45, 2.75) is 44.9 Å². The van der Waals surface area contributed by atoms with E-state index in [9.17, 15) is 9.59 Å². The highest BCUT2D eigenvalue weighted by atomic mass is 32.1. The number of carbonyl (C=O) groups excluding carboxylic acids is 2. The Bertz CT molecular complexity index is 546. The molecule has 1 heterocycles. The Hall–Kier alpha value is -1.36. The van der Waals surface area contributed by atoms with Gasteiger partial charge in [0, 0.05) is 17.8 Å². The number of aryl methyl sites for hydroxylation is 1. The Morgan fingerprint density at radius 1 is 1.15 bits per heavy atom. The van der Waals surface area contributed by atoms with Gasteiger partial charge in [0.25, 0.3) is 5.91 Å². The number of thiophene rings is 1. The minimum absolute atomic E-state index is 0.0736. The van der Waals surface area contributed by atoms with Gasteiger partial charge in [-0.15, -0.1) is 11.3 Å². The van der Waals surface area contributed by atoms with Crippen molar-refractivity contribution in [1.82, 2.24) is 5.32 Å². The number of fused-ring (bicyclic) bond motifs is 1. The molecule has 0 radical (unpaired) electrons. The Balaban J connectivity index is 1.94. The van der Waals surface area contributed by atoms with Crippen LogP contribution in [0.15, 0.2) is 0 Å². The number of hydrogen-bond acceptors (Lipinski definition) is 3. The fourth-order valence-electron chi connectivity index (χ4n) is 2.76. The van der Waals surface area contributed by atoms with Gasteiger partial charge in [0.2, 0.25) is 5.91 Å². The van der Waals surface area contributed by atoms with Crippen molar-refractivity contribution in [2.75, 3.05) is 12.4 Å². The first-order valence-electron chi connectivity index (χ1n) is 7.38. The van der Waals surface area contributed by atoms with E-state index < -0.39 is 0 Å². The van der Waals surface area contributed by atoms with E-state index in [0.717, 1.165) is 42.7 Å². The molecule has 0 unspecified atom stereocenters. The standard InChI is InChI=1S/C15H20N2O2S/c1-16-14(19)12-10-5-3-2-4-6-11(10)20-15(12)17-13(18)9-7-8-9/h9H,2-8H2,1H3,(H,16,19)(H,17,18). The zero-order chi connectivity index (χ0) is 14.1. The third-order valence-electron chi connectivity index (χ3n) is 4.06. The molecule has 0 bridgehead atoms. The predicted molar refractivity (Wildman–Crippen MR) is 80.3 cm³/mol. The molecule has 1 saturated carbocycles. The summed E-state index contributed by atoms with van der Waals surface area (Å²) in [6.45, 7) is 0. The molecule has 3 rings (SSSR count). The molecule has 1 aromatic rings. The maximum Gasteiger partial charge on any atom is 0.254 e. The quantitative estimate of drug-likeness (QED) is 0.842. The monoisotopic (exact) mass is 292 g/mol. The fraction of sp³-hybridized carbons (Fsp3) is 0.600. The number of amides is 2. The van der Waals surface area contributed by atoms with E-state index in [2.05, 4.69) is 10.6 Å². The maximum atomic E-state index is 12.2. The molecule has 5 heteroatoms. The average Bonchev–Trinajstić information content (AvgIpc) is 3.25. The minimum Gasteiger partial charge on any atom is -0.355 e. The maximum absolute atomic E-state index is 12.2. The fourth-order valence-corrected chi connectivity index (χ4v) is 4.05. The van der Waals surface area contributed by atoms with E-state index >= 15 is 0 Å². The van der Waals surface area contributed by atoms with Crippen LogP contribution in [0.4, 0.5) is 5.00 Å². The molecule has 2 aliphatic rings. The first-order chi connectivity index (χ1) is 9.70. The topological polar surface area (TPSA) is 58.2 Å². The van der Waals surface area contributed by atoms with Gasteiger partial charge in [0.15, 0.2) is 0 Å². The molecule has 0 spiro atoms. The highest BCUT2D eigenvalue weighted by Crippen LogP contribution is 2.39. The SMILES string of the molecule is CNC(=O)c1c(NC(=O)C2CC2)sc2c1CCCCC2. The van der Waals surface area contributed by atoms with Gasteiger partial charge in [-0.2, -0.15) is 0 Å². The average molecular weight is 292 g/mol. The van der Waals surface area contributed by atoms with E-state index in [1.54, 1.807) is 18.4 Å². The molecule has 2 aliphatic carbocycles. The van der Waals surface area contributed by atoms with E-state index in [1.807, 2.05) is 0 Å². The Kier molecular flexibility index (Phi) is 3.78. The first-order valence-corrected chi connectivity index (χ1v) is 8.20. The lowest BCUT2D eigenvalue weighted by Crippen LogP contribution is -2.22. The second kappa shape index (κ2) is 5.56. The molecule has 0 atom stereocenters. The normalized spacial score (nSPS) is 18.1. The van der Waals surface area contributed by atoms with Crippen molar-refractivity contribution in [3.63, 3.8) is 0 Å². The van der Waals surface area contributed by atoms with Crippen molar-refractivity contribution < 1.29 is 9.59 Å². The number of anilines is 1. The van der Waals surface area contributed by atoms with Crippen molar-refractivity contribution in [3.05, 3.63) is 16.0 Å². The summed E-state index contributed by atoms with van der Waals surface area (Å²) in [5.74, 6) is 0.163. The van der Waals surface area contributed by atoms with E-state index in [0.29, 0.717) is 5.56 Å². The van der Waals surface area contributed by atoms with Gasteiger partial charge >= 0.3 is 0 Å². The smallest absolute Gasteiger partial charge is 0.254 e. The predicted octanol–water partition coefficient (Wildman–Crippen LogP) is 2.73. The zero-order valence-electron chi connectivity index (χ0n) is 11.8. The molecular formula is C15H20N2O2S. The number of hydrogen-bond donors (Lipinski definition) is 2. The first kappa shape index (κ1) is 13.6. The van der Waals surface area contributed by atoms with Gasteiger partial charge in [-0.05, 0) is 44.1 Å². The highest BCUT2D eigenvalue weighted by Gasteiger charge is 2.32. The summed E-state index contributed by atoms with van der Waals surface area (Å²) in [5, 5.41) is 6.45. The van der Waals surface area contributed by atoms with Crippen LogP contribution in [0.25, 0.3) is 0 Å². The largest absolute Gasteiger partial charge is 0.355 e. The van der Waals surface area contributed by atoms with E-state index in [-0.39, 0.29) is 17.7 Å². The van der Waals surface area contributed by atoms with Crippen LogP contribution in [-0.4, -0.2) is 18.9 Å². The lowest BCUT2D eigenvalue weighted by Gasteiger charge is -2.07. The molecule has 4 nitrogen and oxygen atoms in total. The van der Waals surface area contributed by atoms with Gasteiger partial charge < -0.3 is 10.6 Å². The van der Waals surface area contributed by atoms with Crippen LogP contribution < -0.4 is 10.6 Å². The van der Waals surface area contributed by atoms with Crippen molar-refractivity contribution >= 4 is 28.2 Å². The summed E-state index contributed by atoms with van der Waals surface area (Å²) < 4.78 is 0. The van der Waals surface area contributed by atoms with Crippen LogP contribution in [-0.2, 0) is 17.6 Å². The highest BCUT2D eigenvalue weighted by molar-refractivity contribution is 7.17. The molecule has 0 aromatic carbocycles. The summed E-state index contributed by atoms with van der Waals surface area (Å²) in [6.07, 6.45) is 7.47. The molecule has 2 N–H and O–H groups in total. The molecule has 0 aliphatic heterocycles. The third kappa shape index (κ3) is 2.59. The summed E-state index contributed by atoms with van der Waals surface area (Å²) in [4.78, 5) is 25.5. The van der Waals surface area contributed by atoms with Crippen molar-refractivity contribution in [3.8, 4) is 0 Å². The molecule has 1 fully saturated rings. The van der Waals surface area contributed by atoms with Crippen molar-refractivity contribution in [2.24, 2.45) is 5.92 Å². The summed E-state index contributed by atoms with van der Waals surface area (Å²) in [7, 11) is 1.65. The van der Waals surface area contributed by atoms with Gasteiger partial charge in [0.05, 0.1) is 5.56 Å². The molecule has 2 amide bonds. The molecule has 108 valence electrons.